The van der Waals surface area contributed by atoms with Crippen LogP contribution in [0.25, 0.3) is 0 Å². The Morgan fingerprint density at radius 1 is 0.576 bits per heavy atom. The van der Waals surface area contributed by atoms with Gasteiger partial charge in [-0.1, -0.05) is 0 Å². The molecule has 0 aromatic rings. The first-order valence-electron chi connectivity index (χ1n) is 6.90. The standard InChI is InChI=1S/C11H4F18O3S/c12-3(1-2-33(30,31)32)4(13,14)5(15,16)6(17,18)7(19,20)8(21,22)9(23,24)10(25,26)11(27,28)29/h1H,2H2,(H,30,31,32). The monoisotopic (exact) mass is 558 g/mol. The van der Waals surface area contributed by atoms with Crippen molar-refractivity contribution in [2.24, 2.45) is 0 Å². The molecule has 0 heterocycles. The minimum atomic E-state index is -8.88. The van der Waals surface area contributed by atoms with E-state index in [-0.39, 0.29) is 0 Å². The van der Waals surface area contributed by atoms with E-state index in [1.807, 2.05) is 0 Å². The molecule has 0 atom stereocenters. The van der Waals surface area contributed by atoms with E-state index in [0.29, 0.717) is 0 Å². The maximum Gasteiger partial charge on any atom is 0.460 e. The lowest BCUT2D eigenvalue weighted by atomic mass is 9.88. The van der Waals surface area contributed by atoms with Crippen LogP contribution in [0.15, 0.2) is 11.9 Å². The lowest BCUT2D eigenvalue weighted by molar-refractivity contribution is -0.460. The van der Waals surface area contributed by atoms with Gasteiger partial charge in [0.25, 0.3) is 10.1 Å². The predicted octanol–water partition coefficient (Wildman–Crippen LogP) is 5.74. The van der Waals surface area contributed by atoms with Crippen LogP contribution >= 0.6 is 0 Å². The highest BCUT2D eigenvalue weighted by molar-refractivity contribution is 7.85. The maximum absolute atomic E-state index is 13.3. The first kappa shape index (κ1) is 31.4. The first-order chi connectivity index (χ1) is 13.9. The van der Waals surface area contributed by atoms with E-state index in [1.54, 1.807) is 0 Å². The molecule has 0 saturated heterocycles. The molecular formula is C11H4F18O3S. The van der Waals surface area contributed by atoms with Gasteiger partial charge in [0.2, 0.25) is 0 Å². The van der Waals surface area contributed by atoms with E-state index in [2.05, 4.69) is 0 Å². The molecule has 1 N–H and O–H groups in total. The van der Waals surface area contributed by atoms with Crippen LogP contribution in [0.5, 0.6) is 0 Å². The number of rotatable bonds is 9. The fourth-order valence-electron chi connectivity index (χ4n) is 1.62. The number of hydrogen-bond acceptors (Lipinski definition) is 2. The molecule has 3 nitrogen and oxygen atoms in total. The molecule has 0 amide bonds. The molecule has 0 rings (SSSR count). The molecule has 0 aliphatic heterocycles. The Hall–Kier alpha value is -1.61. The minimum Gasteiger partial charge on any atom is -0.285 e. The van der Waals surface area contributed by atoms with Crippen molar-refractivity contribution in [1.82, 2.24) is 0 Å². The van der Waals surface area contributed by atoms with Gasteiger partial charge >= 0.3 is 47.6 Å². The summed E-state index contributed by atoms with van der Waals surface area (Å²) in [5, 5.41) is 0. The number of alkyl halides is 17. The van der Waals surface area contributed by atoms with Gasteiger partial charge in [0.05, 0.1) is 5.75 Å². The van der Waals surface area contributed by atoms with Crippen molar-refractivity contribution in [2.75, 3.05) is 5.75 Å². The zero-order valence-corrected chi connectivity index (χ0v) is 15.1. The third kappa shape index (κ3) is 4.55. The summed E-state index contributed by atoms with van der Waals surface area (Å²) in [7, 11) is -5.60. The fourth-order valence-corrected chi connectivity index (χ4v) is 1.98. The molecule has 0 spiro atoms. The van der Waals surface area contributed by atoms with Gasteiger partial charge in [-0.05, 0) is 6.08 Å². The molecule has 0 saturated carbocycles. The molecule has 0 aliphatic carbocycles. The lowest BCUT2D eigenvalue weighted by Crippen LogP contribution is -2.74. The van der Waals surface area contributed by atoms with Gasteiger partial charge in [-0.25, -0.2) is 4.39 Å². The van der Waals surface area contributed by atoms with Gasteiger partial charge in [0.15, 0.2) is 5.83 Å². The smallest absolute Gasteiger partial charge is 0.285 e. The van der Waals surface area contributed by atoms with E-state index in [9.17, 15) is 87.4 Å². The quantitative estimate of drug-likeness (QED) is 0.291. The Morgan fingerprint density at radius 2 is 0.848 bits per heavy atom. The molecule has 22 heteroatoms. The fraction of sp³-hybridized carbons (Fsp3) is 0.818. The van der Waals surface area contributed by atoms with Crippen LogP contribution in [0.3, 0.4) is 0 Å². The molecule has 0 fully saturated rings. The molecule has 198 valence electrons. The van der Waals surface area contributed by atoms with E-state index >= 15 is 0 Å². The minimum absolute atomic E-state index is 1.40. The molecule has 0 aromatic carbocycles. The van der Waals surface area contributed by atoms with Gasteiger partial charge in [-0.3, -0.25) is 4.55 Å². The van der Waals surface area contributed by atoms with E-state index < -0.39 is 75.4 Å². The van der Waals surface area contributed by atoms with E-state index in [1.165, 1.54) is 0 Å². The normalized spacial score (nSPS) is 16.9. The van der Waals surface area contributed by atoms with Crippen molar-refractivity contribution >= 4 is 10.1 Å². The van der Waals surface area contributed by atoms with Crippen LogP contribution in [0.1, 0.15) is 0 Å². The molecule has 0 bridgehead atoms. The Kier molecular flexibility index (Phi) is 7.58. The second-order valence-electron chi connectivity index (χ2n) is 5.82. The van der Waals surface area contributed by atoms with Crippen LogP contribution in [-0.4, -0.2) is 66.4 Å². The second-order valence-corrected chi connectivity index (χ2v) is 7.32. The summed E-state index contributed by atoms with van der Waals surface area (Å²) in [6.45, 7) is 0. The third-order valence-corrected chi connectivity index (χ3v) is 4.08. The molecule has 0 aliphatic rings. The highest BCUT2D eigenvalue weighted by Gasteiger charge is 2.95. The number of halogens is 18. The SMILES string of the molecule is O=S(=O)(O)CC=C(F)C(F)(F)C(F)(F)C(F)(F)C(F)(F)C(F)(F)C(F)(F)C(F)(F)C(F)(F)F. The molecule has 33 heavy (non-hydrogen) atoms. The highest BCUT2D eigenvalue weighted by Crippen LogP contribution is 2.64. The molecule has 0 aromatic heterocycles. The lowest BCUT2D eigenvalue weighted by Gasteiger charge is -2.42. The summed E-state index contributed by atoms with van der Waals surface area (Å²) in [5.74, 6) is -65.9. The van der Waals surface area contributed by atoms with Crippen molar-refractivity contribution in [3.8, 4) is 0 Å². The summed E-state index contributed by atoms with van der Waals surface area (Å²) in [5.41, 5.74) is 0. The summed E-state index contributed by atoms with van der Waals surface area (Å²) in [6, 6.07) is 0. The van der Waals surface area contributed by atoms with Crippen molar-refractivity contribution < 1.29 is 92.0 Å². The van der Waals surface area contributed by atoms with E-state index in [4.69, 9.17) is 4.55 Å². The summed E-state index contributed by atoms with van der Waals surface area (Å²) >= 11 is 0. The van der Waals surface area contributed by atoms with Crippen LogP contribution in [-0.2, 0) is 10.1 Å². The third-order valence-electron chi connectivity index (χ3n) is 3.50. The van der Waals surface area contributed by atoms with Gasteiger partial charge in [-0.2, -0.15) is 83.1 Å². The Morgan fingerprint density at radius 3 is 1.12 bits per heavy atom. The van der Waals surface area contributed by atoms with Gasteiger partial charge in [0.1, 0.15) is 0 Å². The topological polar surface area (TPSA) is 54.4 Å². The average Bonchev–Trinajstić information content (AvgIpc) is 2.56. The van der Waals surface area contributed by atoms with Gasteiger partial charge < -0.3 is 0 Å². The second kappa shape index (κ2) is 7.97. The summed E-state index contributed by atoms with van der Waals surface area (Å²) in [6.07, 6.45) is -9.30. The van der Waals surface area contributed by atoms with Crippen LogP contribution in [0.4, 0.5) is 79.0 Å². The Balaban J connectivity index is 6.82. The van der Waals surface area contributed by atoms with Crippen molar-refractivity contribution in [3.05, 3.63) is 11.9 Å². The highest BCUT2D eigenvalue weighted by atomic mass is 32.2. The molecule has 0 unspecified atom stereocenters. The number of hydrogen-bond donors (Lipinski definition) is 1. The zero-order valence-electron chi connectivity index (χ0n) is 14.3. The van der Waals surface area contributed by atoms with E-state index in [0.717, 1.165) is 0 Å². The van der Waals surface area contributed by atoms with Gasteiger partial charge in [-0.15, -0.1) is 0 Å². The van der Waals surface area contributed by atoms with Crippen molar-refractivity contribution in [1.29, 1.82) is 0 Å². The largest absolute Gasteiger partial charge is 0.460 e. The molecule has 0 radical (unpaired) electrons. The van der Waals surface area contributed by atoms with Gasteiger partial charge in [0, 0.05) is 0 Å². The number of allylic oxidation sites excluding steroid dienone is 1. The summed E-state index contributed by atoms with van der Waals surface area (Å²) in [4.78, 5) is 0. The van der Waals surface area contributed by atoms with Crippen molar-refractivity contribution in [2.45, 2.75) is 47.6 Å². The Bertz CT molecular complexity index is 868. The van der Waals surface area contributed by atoms with Crippen LogP contribution < -0.4 is 0 Å². The van der Waals surface area contributed by atoms with Crippen LogP contribution in [0, 0.1) is 0 Å². The average molecular weight is 558 g/mol. The predicted molar refractivity (Wildman–Crippen MR) is 66.3 cm³/mol. The zero-order chi connectivity index (χ0) is 27.5. The Labute approximate surface area is 168 Å². The summed E-state index contributed by atoms with van der Waals surface area (Å²) < 4.78 is 261. The first-order valence-corrected chi connectivity index (χ1v) is 8.51. The van der Waals surface area contributed by atoms with Crippen molar-refractivity contribution in [3.63, 3.8) is 0 Å². The maximum atomic E-state index is 13.3. The van der Waals surface area contributed by atoms with Crippen LogP contribution in [0.2, 0.25) is 0 Å². The molecular weight excluding hydrogens is 554 g/mol.